The van der Waals surface area contributed by atoms with Gasteiger partial charge in [-0.3, -0.25) is 0 Å². The zero-order valence-corrected chi connectivity index (χ0v) is 15.2. The Kier molecular flexibility index (Phi) is 6.30. The zero-order valence-electron chi connectivity index (χ0n) is 14.4. The predicted molar refractivity (Wildman–Crippen MR) is 95.6 cm³/mol. The molecule has 5 nitrogen and oxygen atoms in total. The molecular formula is C17H29N3O2S. The van der Waals surface area contributed by atoms with E-state index in [4.69, 9.17) is 10.5 Å². The Morgan fingerprint density at radius 3 is 2.78 bits per heavy atom. The molecule has 2 atom stereocenters. The Morgan fingerprint density at radius 1 is 1.39 bits per heavy atom. The summed E-state index contributed by atoms with van der Waals surface area (Å²) in [6.07, 6.45) is 4.41. The van der Waals surface area contributed by atoms with E-state index in [0.29, 0.717) is 18.5 Å². The van der Waals surface area contributed by atoms with E-state index in [2.05, 4.69) is 10.6 Å². The van der Waals surface area contributed by atoms with E-state index in [1.54, 1.807) is 11.3 Å². The molecule has 1 aromatic heterocycles. The number of amides is 1. The highest BCUT2D eigenvalue weighted by molar-refractivity contribution is 7.10. The number of nitrogen functional groups attached to an aromatic ring is 1. The lowest BCUT2D eigenvalue weighted by atomic mass is 9.84. The molecule has 2 rings (SSSR count). The number of anilines is 1. The number of rotatable bonds is 5. The predicted octanol–water partition coefficient (Wildman–Crippen LogP) is 3.50. The summed E-state index contributed by atoms with van der Waals surface area (Å²) in [6, 6.07) is 2.37. The van der Waals surface area contributed by atoms with Gasteiger partial charge in [0.1, 0.15) is 5.60 Å². The Hall–Kier alpha value is -1.27. The van der Waals surface area contributed by atoms with Crippen molar-refractivity contribution in [3.05, 3.63) is 16.3 Å². The van der Waals surface area contributed by atoms with Crippen molar-refractivity contribution in [3.8, 4) is 0 Å². The van der Waals surface area contributed by atoms with Crippen molar-refractivity contribution in [2.45, 2.75) is 64.6 Å². The van der Waals surface area contributed by atoms with Crippen molar-refractivity contribution in [3.63, 3.8) is 0 Å². The first-order valence-electron chi connectivity index (χ1n) is 8.37. The standard InChI is InChI=1S/C17H29N3O2S/c1-17(2,3)22-16(21)20-10-12-6-4-5-7-14(12)19-11-15-13(18)8-9-23-15/h8-9,12,14,19H,4-7,10-11,18H2,1-3H3,(H,20,21). The summed E-state index contributed by atoms with van der Waals surface area (Å²) in [4.78, 5) is 13.0. The van der Waals surface area contributed by atoms with Crippen LogP contribution < -0.4 is 16.4 Å². The van der Waals surface area contributed by atoms with Crippen molar-refractivity contribution in [1.29, 1.82) is 0 Å². The molecule has 1 heterocycles. The molecular weight excluding hydrogens is 310 g/mol. The zero-order chi connectivity index (χ0) is 16.9. The van der Waals surface area contributed by atoms with Gasteiger partial charge in [-0.25, -0.2) is 4.79 Å². The van der Waals surface area contributed by atoms with Gasteiger partial charge in [-0.2, -0.15) is 0 Å². The van der Waals surface area contributed by atoms with Gasteiger partial charge in [0.05, 0.1) is 0 Å². The molecule has 130 valence electrons. The first-order valence-corrected chi connectivity index (χ1v) is 9.25. The van der Waals surface area contributed by atoms with Crippen LogP contribution in [0, 0.1) is 5.92 Å². The third kappa shape index (κ3) is 6.03. The number of alkyl carbamates (subject to hydrolysis) is 1. The van der Waals surface area contributed by atoms with Gasteiger partial charge in [-0.15, -0.1) is 11.3 Å². The molecule has 0 spiro atoms. The van der Waals surface area contributed by atoms with Crippen LogP contribution in [0.3, 0.4) is 0 Å². The van der Waals surface area contributed by atoms with Gasteiger partial charge in [-0.1, -0.05) is 12.8 Å². The lowest BCUT2D eigenvalue weighted by molar-refractivity contribution is 0.0510. The highest BCUT2D eigenvalue weighted by Gasteiger charge is 2.26. The molecule has 0 aromatic carbocycles. The molecule has 1 aliphatic carbocycles. The van der Waals surface area contributed by atoms with Crippen molar-refractivity contribution in [2.75, 3.05) is 12.3 Å². The van der Waals surface area contributed by atoms with Gasteiger partial charge < -0.3 is 21.1 Å². The SMILES string of the molecule is CC(C)(C)OC(=O)NCC1CCCCC1NCc1sccc1N. The molecule has 1 aromatic rings. The Morgan fingerprint density at radius 2 is 2.13 bits per heavy atom. The molecule has 0 aliphatic heterocycles. The fraction of sp³-hybridized carbons (Fsp3) is 0.706. The molecule has 1 amide bonds. The maximum atomic E-state index is 11.8. The number of nitrogens with two attached hydrogens (primary N) is 1. The number of carbonyl (C=O) groups excluding carboxylic acids is 1. The normalized spacial score (nSPS) is 21.9. The first-order chi connectivity index (χ1) is 10.8. The minimum Gasteiger partial charge on any atom is -0.444 e. The van der Waals surface area contributed by atoms with Crippen molar-refractivity contribution in [2.24, 2.45) is 5.92 Å². The van der Waals surface area contributed by atoms with Gasteiger partial charge in [0.25, 0.3) is 0 Å². The second-order valence-electron chi connectivity index (χ2n) is 7.21. The fourth-order valence-electron chi connectivity index (χ4n) is 2.97. The maximum Gasteiger partial charge on any atom is 0.407 e. The van der Waals surface area contributed by atoms with Gasteiger partial charge in [0.15, 0.2) is 0 Å². The molecule has 1 saturated carbocycles. The second-order valence-corrected chi connectivity index (χ2v) is 8.21. The summed E-state index contributed by atoms with van der Waals surface area (Å²) in [5.74, 6) is 0.442. The molecule has 6 heteroatoms. The molecule has 0 bridgehead atoms. The van der Waals surface area contributed by atoms with Crippen LogP contribution in [0.15, 0.2) is 11.4 Å². The summed E-state index contributed by atoms with van der Waals surface area (Å²) in [5.41, 5.74) is 6.35. The van der Waals surface area contributed by atoms with E-state index < -0.39 is 5.60 Å². The van der Waals surface area contributed by atoms with E-state index in [1.807, 2.05) is 32.2 Å². The summed E-state index contributed by atoms with van der Waals surface area (Å²) < 4.78 is 5.31. The van der Waals surface area contributed by atoms with Crippen LogP contribution in [-0.4, -0.2) is 24.3 Å². The number of nitrogens with one attached hydrogen (secondary N) is 2. The van der Waals surface area contributed by atoms with Crippen LogP contribution in [0.4, 0.5) is 10.5 Å². The lowest BCUT2D eigenvalue weighted by Gasteiger charge is -2.32. The number of hydrogen-bond acceptors (Lipinski definition) is 5. The van der Waals surface area contributed by atoms with Gasteiger partial charge >= 0.3 is 6.09 Å². The van der Waals surface area contributed by atoms with Crippen LogP contribution in [0.5, 0.6) is 0 Å². The smallest absolute Gasteiger partial charge is 0.407 e. The van der Waals surface area contributed by atoms with Crippen LogP contribution in [-0.2, 0) is 11.3 Å². The third-order valence-electron chi connectivity index (χ3n) is 4.12. The van der Waals surface area contributed by atoms with E-state index in [9.17, 15) is 4.79 Å². The van der Waals surface area contributed by atoms with Crippen molar-refractivity contribution >= 4 is 23.1 Å². The number of ether oxygens (including phenoxy) is 1. The minimum atomic E-state index is -0.453. The number of hydrogen-bond donors (Lipinski definition) is 3. The van der Waals surface area contributed by atoms with Crippen LogP contribution in [0.2, 0.25) is 0 Å². The average molecular weight is 340 g/mol. The quantitative estimate of drug-likeness (QED) is 0.767. The molecule has 1 aliphatic rings. The van der Waals surface area contributed by atoms with Gasteiger partial charge in [0, 0.05) is 29.7 Å². The van der Waals surface area contributed by atoms with Crippen LogP contribution in [0.1, 0.15) is 51.3 Å². The van der Waals surface area contributed by atoms with E-state index in [0.717, 1.165) is 25.1 Å². The minimum absolute atomic E-state index is 0.329. The Labute approximate surface area is 143 Å². The fourth-order valence-corrected chi connectivity index (χ4v) is 3.72. The third-order valence-corrected chi connectivity index (χ3v) is 5.06. The van der Waals surface area contributed by atoms with Gasteiger partial charge in [0.2, 0.25) is 0 Å². The van der Waals surface area contributed by atoms with E-state index >= 15 is 0 Å². The van der Waals surface area contributed by atoms with Gasteiger partial charge in [-0.05, 0) is 51.0 Å². The van der Waals surface area contributed by atoms with E-state index in [-0.39, 0.29) is 6.09 Å². The highest BCUT2D eigenvalue weighted by Crippen LogP contribution is 2.26. The Bertz CT molecular complexity index is 510. The Balaban J connectivity index is 1.81. The molecule has 4 N–H and O–H groups in total. The second kappa shape index (κ2) is 8.02. The molecule has 1 fully saturated rings. The molecule has 2 unspecified atom stereocenters. The summed E-state index contributed by atoms with van der Waals surface area (Å²) in [7, 11) is 0. The first kappa shape index (κ1) is 18.1. The van der Waals surface area contributed by atoms with Crippen molar-refractivity contribution in [1.82, 2.24) is 10.6 Å². The topological polar surface area (TPSA) is 76.4 Å². The molecule has 0 saturated heterocycles. The van der Waals surface area contributed by atoms with Crippen LogP contribution in [0.25, 0.3) is 0 Å². The number of carbonyl (C=O) groups is 1. The number of thiophene rings is 1. The summed E-state index contributed by atoms with van der Waals surface area (Å²) in [5, 5.41) is 8.57. The molecule has 0 radical (unpaired) electrons. The largest absolute Gasteiger partial charge is 0.444 e. The van der Waals surface area contributed by atoms with E-state index in [1.165, 1.54) is 17.7 Å². The highest BCUT2D eigenvalue weighted by atomic mass is 32.1. The van der Waals surface area contributed by atoms with Crippen LogP contribution >= 0.6 is 11.3 Å². The summed E-state index contributed by atoms with van der Waals surface area (Å²) >= 11 is 1.69. The monoisotopic (exact) mass is 339 g/mol. The lowest BCUT2D eigenvalue weighted by Crippen LogP contribution is -2.44. The average Bonchev–Trinajstić information content (AvgIpc) is 2.87. The summed E-state index contributed by atoms with van der Waals surface area (Å²) in [6.45, 7) is 7.10. The maximum absolute atomic E-state index is 11.8. The molecule has 23 heavy (non-hydrogen) atoms. The van der Waals surface area contributed by atoms with Crippen molar-refractivity contribution < 1.29 is 9.53 Å².